The van der Waals surface area contributed by atoms with E-state index in [0.717, 1.165) is 16.0 Å². The van der Waals surface area contributed by atoms with Gasteiger partial charge >= 0.3 is 0 Å². The number of benzene rings is 3. The standard InChI is InChI=1S/C28H24ClFN2O2S/c1-3-33-28-26(30)27(21-9-6-7-18(2)15-21)31-32(28)13-14-34-23-12-11-20(16-22(23)29)25-17-19-8-4-5-10-24(19)35-25/h4-12,15-17H,3,13-14H2,1-2H3. The molecule has 0 radical (unpaired) electrons. The summed E-state index contributed by atoms with van der Waals surface area (Å²) in [6.07, 6.45) is 0. The molecule has 4 nitrogen and oxygen atoms in total. The third-order valence-corrected chi connectivity index (χ3v) is 7.09. The maximum Gasteiger partial charge on any atom is 0.249 e. The minimum Gasteiger partial charge on any atom is -0.490 e. The van der Waals surface area contributed by atoms with Crippen LogP contribution >= 0.6 is 22.9 Å². The number of halogens is 2. The van der Waals surface area contributed by atoms with Crippen LogP contribution in [0, 0.1) is 12.7 Å². The first-order valence-corrected chi connectivity index (χ1v) is 12.6. The van der Waals surface area contributed by atoms with Gasteiger partial charge in [0.05, 0.1) is 18.2 Å². The van der Waals surface area contributed by atoms with Crippen LogP contribution in [0.3, 0.4) is 0 Å². The van der Waals surface area contributed by atoms with E-state index in [0.29, 0.717) is 29.5 Å². The highest BCUT2D eigenvalue weighted by atomic mass is 35.5. The van der Waals surface area contributed by atoms with Gasteiger partial charge in [-0.25, -0.2) is 4.68 Å². The topological polar surface area (TPSA) is 36.3 Å². The second-order valence-corrected chi connectivity index (χ2v) is 9.63. The Morgan fingerprint density at radius 1 is 0.971 bits per heavy atom. The van der Waals surface area contributed by atoms with Crippen LogP contribution in [0.15, 0.2) is 72.8 Å². The second-order valence-electron chi connectivity index (χ2n) is 8.14. The molecule has 5 aromatic rings. The highest BCUT2D eigenvalue weighted by Crippen LogP contribution is 2.37. The van der Waals surface area contributed by atoms with Crippen LogP contribution in [-0.2, 0) is 6.54 Å². The molecule has 0 saturated carbocycles. The predicted octanol–water partition coefficient (Wildman–Crippen LogP) is 8.01. The fourth-order valence-electron chi connectivity index (χ4n) is 3.96. The summed E-state index contributed by atoms with van der Waals surface area (Å²) in [7, 11) is 0. The van der Waals surface area contributed by atoms with Crippen molar-refractivity contribution in [1.82, 2.24) is 9.78 Å². The normalized spacial score (nSPS) is 11.2. The number of hydrogen-bond acceptors (Lipinski definition) is 4. The van der Waals surface area contributed by atoms with E-state index >= 15 is 4.39 Å². The Balaban J connectivity index is 1.31. The summed E-state index contributed by atoms with van der Waals surface area (Å²) in [5, 5.41) is 6.21. The van der Waals surface area contributed by atoms with Crippen molar-refractivity contribution in [2.75, 3.05) is 13.2 Å². The zero-order chi connectivity index (χ0) is 24.4. The highest BCUT2D eigenvalue weighted by Gasteiger charge is 2.21. The Bertz CT molecular complexity index is 1460. The molecule has 35 heavy (non-hydrogen) atoms. The minimum absolute atomic E-state index is 0.110. The molecule has 0 amide bonds. The average Bonchev–Trinajstić information content (AvgIpc) is 3.42. The second kappa shape index (κ2) is 10.1. The maximum atomic E-state index is 15.1. The zero-order valence-electron chi connectivity index (χ0n) is 19.4. The maximum absolute atomic E-state index is 15.1. The molecule has 0 bridgehead atoms. The van der Waals surface area contributed by atoms with Gasteiger partial charge in [-0.05, 0) is 61.2 Å². The van der Waals surface area contributed by atoms with Crippen LogP contribution < -0.4 is 9.47 Å². The van der Waals surface area contributed by atoms with Crippen molar-refractivity contribution < 1.29 is 13.9 Å². The van der Waals surface area contributed by atoms with Crippen molar-refractivity contribution >= 4 is 33.0 Å². The van der Waals surface area contributed by atoms with E-state index in [1.54, 1.807) is 11.3 Å². The van der Waals surface area contributed by atoms with E-state index in [9.17, 15) is 0 Å². The largest absolute Gasteiger partial charge is 0.490 e. The van der Waals surface area contributed by atoms with Gasteiger partial charge in [-0.1, -0.05) is 53.6 Å². The summed E-state index contributed by atoms with van der Waals surface area (Å²) in [4.78, 5) is 1.15. The van der Waals surface area contributed by atoms with E-state index in [-0.39, 0.29) is 18.2 Å². The minimum atomic E-state index is -0.469. The number of hydrogen-bond donors (Lipinski definition) is 0. The van der Waals surface area contributed by atoms with Gasteiger partial charge in [-0.2, -0.15) is 9.49 Å². The molecule has 3 aromatic carbocycles. The molecule has 0 aliphatic rings. The fourth-order valence-corrected chi connectivity index (χ4v) is 5.26. The quantitative estimate of drug-likeness (QED) is 0.214. The lowest BCUT2D eigenvalue weighted by molar-refractivity contribution is 0.253. The Kier molecular flexibility index (Phi) is 6.75. The van der Waals surface area contributed by atoms with Gasteiger partial charge in [0.25, 0.3) is 0 Å². The van der Waals surface area contributed by atoms with Crippen LogP contribution in [0.2, 0.25) is 5.02 Å². The van der Waals surface area contributed by atoms with Gasteiger partial charge < -0.3 is 9.47 Å². The molecule has 0 N–H and O–H groups in total. The molecular formula is C28H24ClFN2O2S. The van der Waals surface area contributed by atoms with Gasteiger partial charge in [0, 0.05) is 15.1 Å². The van der Waals surface area contributed by atoms with Crippen molar-refractivity contribution in [3.63, 3.8) is 0 Å². The average molecular weight is 507 g/mol. The van der Waals surface area contributed by atoms with E-state index in [4.69, 9.17) is 21.1 Å². The molecular weight excluding hydrogens is 483 g/mol. The van der Waals surface area contributed by atoms with Gasteiger partial charge in [-0.3, -0.25) is 0 Å². The van der Waals surface area contributed by atoms with Gasteiger partial charge in [-0.15, -0.1) is 11.3 Å². The van der Waals surface area contributed by atoms with E-state index in [1.807, 2.05) is 68.4 Å². The number of fused-ring (bicyclic) bond motifs is 1. The fraction of sp³-hybridized carbons (Fsp3) is 0.179. The number of thiophene rings is 1. The van der Waals surface area contributed by atoms with Crippen molar-refractivity contribution in [2.45, 2.75) is 20.4 Å². The Hall–Kier alpha value is -3.35. The lowest BCUT2D eigenvalue weighted by Gasteiger charge is -2.11. The molecule has 0 unspecified atom stereocenters. The summed E-state index contributed by atoms with van der Waals surface area (Å²) in [5.41, 5.74) is 3.05. The summed E-state index contributed by atoms with van der Waals surface area (Å²) >= 11 is 8.27. The van der Waals surface area contributed by atoms with E-state index in [1.165, 1.54) is 14.8 Å². The summed E-state index contributed by atoms with van der Waals surface area (Å²) in [6, 6.07) is 23.8. The summed E-state index contributed by atoms with van der Waals surface area (Å²) in [6.45, 7) is 4.69. The lowest BCUT2D eigenvalue weighted by atomic mass is 10.1. The Morgan fingerprint density at radius 3 is 2.60 bits per heavy atom. The molecule has 0 atom stereocenters. The van der Waals surface area contributed by atoms with E-state index < -0.39 is 5.82 Å². The van der Waals surface area contributed by atoms with Crippen LogP contribution in [0.1, 0.15) is 12.5 Å². The first-order valence-electron chi connectivity index (χ1n) is 11.4. The van der Waals surface area contributed by atoms with Crippen LogP contribution in [0.25, 0.3) is 31.8 Å². The zero-order valence-corrected chi connectivity index (χ0v) is 21.0. The molecule has 7 heteroatoms. The smallest absolute Gasteiger partial charge is 0.249 e. The van der Waals surface area contributed by atoms with Crippen molar-refractivity contribution in [3.05, 3.63) is 89.2 Å². The SMILES string of the molecule is CCOc1c(F)c(-c2cccc(C)c2)nn1CCOc1ccc(-c2cc3ccccc3s2)cc1Cl. The highest BCUT2D eigenvalue weighted by molar-refractivity contribution is 7.22. The summed E-state index contributed by atoms with van der Waals surface area (Å²) < 4.78 is 29.4. The van der Waals surface area contributed by atoms with Gasteiger partial charge in [0.15, 0.2) is 0 Å². The molecule has 0 aliphatic carbocycles. The number of aryl methyl sites for hydroxylation is 1. The van der Waals surface area contributed by atoms with Crippen LogP contribution in [-0.4, -0.2) is 23.0 Å². The summed E-state index contributed by atoms with van der Waals surface area (Å²) in [5.74, 6) is 0.211. The van der Waals surface area contributed by atoms with Crippen molar-refractivity contribution in [2.24, 2.45) is 0 Å². The first kappa shape index (κ1) is 23.4. The van der Waals surface area contributed by atoms with Gasteiger partial charge in [0.2, 0.25) is 11.7 Å². The van der Waals surface area contributed by atoms with Crippen LogP contribution in [0.4, 0.5) is 4.39 Å². The molecule has 5 rings (SSSR count). The molecule has 2 aromatic heterocycles. The van der Waals surface area contributed by atoms with Crippen molar-refractivity contribution in [3.8, 4) is 33.3 Å². The molecule has 0 aliphatic heterocycles. The Labute approximate surface area is 212 Å². The predicted molar refractivity (Wildman–Crippen MR) is 141 cm³/mol. The third-order valence-electron chi connectivity index (χ3n) is 5.63. The molecule has 0 spiro atoms. The molecule has 2 heterocycles. The van der Waals surface area contributed by atoms with Crippen LogP contribution in [0.5, 0.6) is 11.6 Å². The molecule has 0 saturated heterocycles. The number of aromatic nitrogens is 2. The number of rotatable bonds is 8. The lowest BCUT2D eigenvalue weighted by Crippen LogP contribution is -2.12. The van der Waals surface area contributed by atoms with Gasteiger partial charge in [0.1, 0.15) is 18.1 Å². The first-order chi connectivity index (χ1) is 17.0. The molecule has 178 valence electrons. The van der Waals surface area contributed by atoms with Crippen molar-refractivity contribution in [1.29, 1.82) is 0 Å². The number of ether oxygens (including phenoxy) is 2. The molecule has 0 fully saturated rings. The Morgan fingerprint density at radius 2 is 1.83 bits per heavy atom. The van der Waals surface area contributed by atoms with E-state index in [2.05, 4.69) is 23.3 Å². The monoisotopic (exact) mass is 506 g/mol. The number of nitrogens with zero attached hydrogens (tertiary/aromatic N) is 2. The third kappa shape index (κ3) is 4.90.